The van der Waals surface area contributed by atoms with Gasteiger partial charge in [0.1, 0.15) is 35.8 Å². The van der Waals surface area contributed by atoms with Gasteiger partial charge in [0.15, 0.2) is 11.6 Å². The molecular weight excluding hydrogens is 450 g/mol. The lowest BCUT2D eigenvalue weighted by Gasteiger charge is -2.41. The van der Waals surface area contributed by atoms with Gasteiger partial charge >= 0.3 is 0 Å². The number of ether oxygens (including phenoxy) is 1. The zero-order chi connectivity index (χ0) is 24.8. The monoisotopic (exact) mass is 478 g/mol. The van der Waals surface area contributed by atoms with E-state index in [1.165, 1.54) is 29.9 Å². The van der Waals surface area contributed by atoms with Gasteiger partial charge in [-0.1, -0.05) is 37.2 Å². The highest BCUT2D eigenvalue weighted by Crippen LogP contribution is 2.33. The molecule has 3 aromatic rings. The second-order valence-corrected chi connectivity index (χ2v) is 9.64. The lowest BCUT2D eigenvalue weighted by molar-refractivity contribution is -0.205. The number of aryl methyl sites for hydroxylation is 1. The van der Waals surface area contributed by atoms with Crippen molar-refractivity contribution in [3.05, 3.63) is 53.0 Å². The Morgan fingerprint density at radius 1 is 1.09 bits per heavy atom. The quantitative estimate of drug-likeness (QED) is 0.509. The van der Waals surface area contributed by atoms with Crippen molar-refractivity contribution < 1.29 is 33.4 Å². The first-order valence-corrected chi connectivity index (χ1v) is 11.0. The molecule has 0 amide bonds. The number of nitrogens with zero attached hydrogens (tertiary/aromatic N) is 4. The van der Waals surface area contributed by atoms with Crippen LogP contribution in [0.5, 0.6) is 0 Å². The van der Waals surface area contributed by atoms with Crippen molar-refractivity contribution in [3.63, 3.8) is 0 Å². The average Bonchev–Trinajstić information content (AvgIpc) is 3.44. The summed E-state index contributed by atoms with van der Waals surface area (Å²) in [5.41, 5.74) is 0.583. The SMILES string of the molecule is Cc1ccc(-c2cn([C@H]3[C@@H](O)[C@@H](CO)O[C@H](Cc4cc(C(C)(C)C)no4)[C@@H]3O)nn2)c(F)c1F. The van der Waals surface area contributed by atoms with Crippen molar-refractivity contribution >= 4 is 0 Å². The van der Waals surface area contributed by atoms with Gasteiger partial charge in [0.25, 0.3) is 0 Å². The summed E-state index contributed by atoms with van der Waals surface area (Å²) in [5.74, 6) is -1.58. The molecule has 3 heterocycles. The molecule has 1 aliphatic heterocycles. The fourth-order valence-electron chi connectivity index (χ4n) is 4.01. The highest BCUT2D eigenvalue weighted by molar-refractivity contribution is 5.59. The van der Waals surface area contributed by atoms with Crippen LogP contribution in [-0.4, -0.2) is 66.5 Å². The van der Waals surface area contributed by atoms with Gasteiger partial charge in [-0.05, 0) is 18.6 Å². The molecule has 1 aliphatic rings. The average molecular weight is 478 g/mol. The lowest BCUT2D eigenvalue weighted by Crippen LogP contribution is -2.56. The number of rotatable bonds is 5. The van der Waals surface area contributed by atoms with E-state index in [1.54, 1.807) is 6.07 Å². The van der Waals surface area contributed by atoms with Gasteiger partial charge < -0.3 is 24.6 Å². The Bertz CT molecular complexity index is 1160. The maximum atomic E-state index is 14.4. The first kappa shape index (κ1) is 24.4. The number of aliphatic hydroxyl groups excluding tert-OH is 3. The highest BCUT2D eigenvalue weighted by Gasteiger charge is 2.46. The molecular formula is C23H28F2N4O5. The molecule has 0 spiro atoms. The summed E-state index contributed by atoms with van der Waals surface area (Å²) in [7, 11) is 0. The second kappa shape index (κ2) is 9.14. The third kappa shape index (κ3) is 4.48. The Morgan fingerprint density at radius 3 is 2.44 bits per heavy atom. The lowest BCUT2D eigenvalue weighted by atomic mass is 9.89. The van der Waals surface area contributed by atoms with E-state index in [4.69, 9.17) is 9.26 Å². The van der Waals surface area contributed by atoms with Crippen LogP contribution in [0.1, 0.15) is 43.8 Å². The molecule has 1 saturated heterocycles. The van der Waals surface area contributed by atoms with Crippen LogP contribution in [0.4, 0.5) is 8.78 Å². The van der Waals surface area contributed by atoms with E-state index in [9.17, 15) is 24.1 Å². The fourth-order valence-corrected chi connectivity index (χ4v) is 4.01. The van der Waals surface area contributed by atoms with Crippen molar-refractivity contribution in [2.75, 3.05) is 6.61 Å². The van der Waals surface area contributed by atoms with Crippen LogP contribution in [0.15, 0.2) is 28.9 Å². The third-order valence-corrected chi connectivity index (χ3v) is 6.09. The van der Waals surface area contributed by atoms with E-state index >= 15 is 0 Å². The van der Waals surface area contributed by atoms with Gasteiger partial charge in [0, 0.05) is 23.5 Å². The van der Waals surface area contributed by atoms with Crippen LogP contribution < -0.4 is 0 Å². The number of halogens is 2. The molecule has 1 aromatic carbocycles. The first-order chi connectivity index (χ1) is 16.0. The molecule has 0 radical (unpaired) electrons. The largest absolute Gasteiger partial charge is 0.394 e. The van der Waals surface area contributed by atoms with Gasteiger partial charge in [-0.3, -0.25) is 0 Å². The first-order valence-electron chi connectivity index (χ1n) is 11.0. The van der Waals surface area contributed by atoms with Crippen LogP contribution >= 0.6 is 0 Å². The van der Waals surface area contributed by atoms with Gasteiger partial charge in [-0.25, -0.2) is 13.5 Å². The van der Waals surface area contributed by atoms with E-state index < -0.39 is 48.7 Å². The Kier molecular flexibility index (Phi) is 6.56. The maximum absolute atomic E-state index is 14.4. The standard InChI is InChI=1S/C23H28F2N4O5/c1-11-5-6-13(19(25)18(11)24)14-9-29(28-26-14)20-21(31)15(33-16(10-30)22(20)32)7-12-8-17(27-34-12)23(2,3)4/h5-6,8-9,15-16,20-22,30-32H,7,10H2,1-4H3/t15-,16-,20-,21+,22+/m1/s1. The summed E-state index contributed by atoms with van der Waals surface area (Å²) in [6.07, 6.45) is -3.08. The van der Waals surface area contributed by atoms with Crippen LogP contribution in [0, 0.1) is 18.6 Å². The van der Waals surface area contributed by atoms with Crippen LogP contribution in [0.25, 0.3) is 11.3 Å². The van der Waals surface area contributed by atoms with Crippen LogP contribution in [0.3, 0.4) is 0 Å². The molecule has 3 N–H and O–H groups in total. The van der Waals surface area contributed by atoms with E-state index in [2.05, 4.69) is 15.5 Å². The van der Waals surface area contributed by atoms with Crippen molar-refractivity contribution in [1.29, 1.82) is 0 Å². The number of hydrogen-bond acceptors (Lipinski definition) is 8. The molecule has 11 heteroatoms. The van der Waals surface area contributed by atoms with Crippen LogP contribution in [-0.2, 0) is 16.6 Å². The van der Waals surface area contributed by atoms with Gasteiger partial charge in [0.2, 0.25) is 0 Å². The third-order valence-electron chi connectivity index (χ3n) is 6.09. The summed E-state index contributed by atoms with van der Waals surface area (Å²) >= 11 is 0. The Hall–Kier alpha value is -2.73. The molecule has 0 unspecified atom stereocenters. The Balaban J connectivity index is 1.62. The molecule has 184 valence electrons. The Labute approximate surface area is 195 Å². The summed E-state index contributed by atoms with van der Waals surface area (Å²) in [6, 6.07) is 3.51. The smallest absolute Gasteiger partial charge is 0.168 e. The Morgan fingerprint density at radius 2 is 1.79 bits per heavy atom. The maximum Gasteiger partial charge on any atom is 0.168 e. The molecule has 1 fully saturated rings. The number of aliphatic hydroxyl groups is 3. The molecule has 4 rings (SSSR count). The molecule has 0 saturated carbocycles. The van der Waals surface area contributed by atoms with Crippen molar-refractivity contribution in [1.82, 2.24) is 20.2 Å². The zero-order valence-corrected chi connectivity index (χ0v) is 19.3. The van der Waals surface area contributed by atoms with Crippen molar-refractivity contribution in [2.45, 2.75) is 70.0 Å². The number of aromatic nitrogens is 4. The number of hydrogen-bond donors (Lipinski definition) is 3. The molecule has 0 bridgehead atoms. The molecule has 0 aliphatic carbocycles. The van der Waals surface area contributed by atoms with Gasteiger partial charge in [-0.15, -0.1) is 5.10 Å². The minimum absolute atomic E-state index is 0.0319. The fraction of sp³-hybridized carbons (Fsp3) is 0.522. The van der Waals surface area contributed by atoms with E-state index in [-0.39, 0.29) is 28.7 Å². The molecule has 5 atom stereocenters. The van der Waals surface area contributed by atoms with Crippen molar-refractivity contribution in [3.8, 4) is 11.3 Å². The van der Waals surface area contributed by atoms with E-state index in [0.29, 0.717) is 5.76 Å². The number of benzene rings is 1. The normalized spacial score (nSPS) is 25.6. The minimum atomic E-state index is -1.34. The van der Waals surface area contributed by atoms with Gasteiger partial charge in [0.05, 0.1) is 24.6 Å². The summed E-state index contributed by atoms with van der Waals surface area (Å²) < 4.78 is 40.8. The van der Waals surface area contributed by atoms with E-state index in [0.717, 1.165) is 5.69 Å². The predicted molar refractivity (Wildman–Crippen MR) is 116 cm³/mol. The van der Waals surface area contributed by atoms with E-state index in [1.807, 2.05) is 20.8 Å². The summed E-state index contributed by atoms with van der Waals surface area (Å²) in [6.45, 7) is 6.89. The molecule has 2 aromatic heterocycles. The second-order valence-electron chi connectivity index (χ2n) is 9.64. The molecule has 34 heavy (non-hydrogen) atoms. The minimum Gasteiger partial charge on any atom is -0.394 e. The van der Waals surface area contributed by atoms with Gasteiger partial charge in [-0.2, -0.15) is 0 Å². The van der Waals surface area contributed by atoms with Crippen molar-refractivity contribution in [2.24, 2.45) is 0 Å². The summed E-state index contributed by atoms with van der Waals surface area (Å²) in [5, 5.41) is 43.5. The highest BCUT2D eigenvalue weighted by atomic mass is 19.2. The molecule has 9 nitrogen and oxygen atoms in total. The predicted octanol–water partition coefficient (Wildman–Crippen LogP) is 2.08. The zero-order valence-electron chi connectivity index (χ0n) is 19.3. The van der Waals surface area contributed by atoms with Crippen LogP contribution in [0.2, 0.25) is 0 Å². The topological polar surface area (TPSA) is 127 Å². The summed E-state index contributed by atoms with van der Waals surface area (Å²) in [4.78, 5) is 0.